The van der Waals surface area contributed by atoms with Crippen molar-refractivity contribution in [2.75, 3.05) is 0 Å². The lowest BCUT2D eigenvalue weighted by atomic mass is 10.1. The molecule has 0 fully saturated rings. The van der Waals surface area contributed by atoms with Crippen LogP contribution in [0.3, 0.4) is 0 Å². The quantitative estimate of drug-likeness (QED) is 0.719. The highest BCUT2D eigenvalue weighted by Gasteiger charge is 2.11. The summed E-state index contributed by atoms with van der Waals surface area (Å²) in [5.74, 6) is 0. The Labute approximate surface area is 80.0 Å². The Kier molecular flexibility index (Phi) is 2.02. The van der Waals surface area contributed by atoms with E-state index in [-0.39, 0.29) is 0 Å². The number of carbonyl (C=O) groups excluding carboxylic acids is 2. The molecule has 14 heavy (non-hydrogen) atoms. The first-order chi connectivity index (χ1) is 6.86. The standard InChI is InChI=1S/C10H8N2O2/c13-5-7-4-12-10(8(7)6-14)9-2-1-3-11-9/h1-6,11-12H. The molecular formula is C10H8N2O2. The van der Waals surface area contributed by atoms with Crippen molar-refractivity contribution in [1.82, 2.24) is 9.97 Å². The minimum Gasteiger partial charge on any atom is -0.360 e. The smallest absolute Gasteiger partial charge is 0.153 e. The van der Waals surface area contributed by atoms with Crippen LogP contribution in [0.15, 0.2) is 24.5 Å². The zero-order valence-corrected chi connectivity index (χ0v) is 7.28. The van der Waals surface area contributed by atoms with Crippen LogP contribution in [0.1, 0.15) is 20.7 Å². The monoisotopic (exact) mass is 188 g/mol. The highest BCUT2D eigenvalue weighted by molar-refractivity contribution is 5.96. The zero-order chi connectivity index (χ0) is 9.97. The van der Waals surface area contributed by atoms with Gasteiger partial charge in [-0.1, -0.05) is 0 Å². The average Bonchev–Trinajstić information content (AvgIpc) is 2.85. The summed E-state index contributed by atoms with van der Waals surface area (Å²) >= 11 is 0. The van der Waals surface area contributed by atoms with Crippen LogP contribution in [-0.4, -0.2) is 22.5 Å². The van der Waals surface area contributed by atoms with Gasteiger partial charge in [0.25, 0.3) is 0 Å². The molecule has 0 aliphatic carbocycles. The summed E-state index contributed by atoms with van der Waals surface area (Å²) in [6.07, 6.45) is 4.61. The molecule has 0 aliphatic heterocycles. The summed E-state index contributed by atoms with van der Waals surface area (Å²) in [5.41, 5.74) is 2.21. The summed E-state index contributed by atoms with van der Waals surface area (Å²) in [4.78, 5) is 27.2. The van der Waals surface area contributed by atoms with Gasteiger partial charge in [-0.15, -0.1) is 0 Å². The third kappa shape index (κ3) is 1.17. The lowest BCUT2D eigenvalue weighted by molar-refractivity contribution is 0.109. The van der Waals surface area contributed by atoms with E-state index >= 15 is 0 Å². The zero-order valence-electron chi connectivity index (χ0n) is 7.28. The van der Waals surface area contributed by atoms with Crippen molar-refractivity contribution >= 4 is 12.6 Å². The number of carbonyl (C=O) groups is 2. The number of nitrogens with one attached hydrogen (secondary N) is 2. The molecule has 0 saturated carbocycles. The van der Waals surface area contributed by atoms with Gasteiger partial charge < -0.3 is 9.97 Å². The minimum absolute atomic E-state index is 0.379. The van der Waals surface area contributed by atoms with Crippen LogP contribution < -0.4 is 0 Å². The van der Waals surface area contributed by atoms with Crippen LogP contribution in [-0.2, 0) is 0 Å². The third-order valence-electron chi connectivity index (χ3n) is 2.06. The first-order valence-corrected chi connectivity index (χ1v) is 4.12. The number of hydrogen-bond donors (Lipinski definition) is 2. The molecule has 0 saturated heterocycles. The summed E-state index contributed by atoms with van der Waals surface area (Å²) in [5, 5.41) is 0. The number of aromatic nitrogens is 2. The number of aromatic amines is 2. The van der Waals surface area contributed by atoms with Gasteiger partial charge in [0, 0.05) is 18.0 Å². The van der Waals surface area contributed by atoms with E-state index in [1.54, 1.807) is 6.20 Å². The van der Waals surface area contributed by atoms with Gasteiger partial charge in [0.2, 0.25) is 0 Å². The second-order valence-electron chi connectivity index (χ2n) is 2.85. The van der Waals surface area contributed by atoms with Crippen molar-refractivity contribution in [3.8, 4) is 11.4 Å². The van der Waals surface area contributed by atoms with E-state index in [2.05, 4.69) is 9.97 Å². The first kappa shape index (κ1) is 8.50. The van der Waals surface area contributed by atoms with Crippen LogP contribution in [0.5, 0.6) is 0 Å². The molecule has 0 aromatic carbocycles. The number of aldehydes is 2. The van der Waals surface area contributed by atoms with Gasteiger partial charge in [-0.05, 0) is 12.1 Å². The predicted molar refractivity (Wildman–Crippen MR) is 51.4 cm³/mol. The molecule has 2 heterocycles. The van der Waals surface area contributed by atoms with Crippen molar-refractivity contribution in [2.45, 2.75) is 0 Å². The van der Waals surface area contributed by atoms with E-state index in [9.17, 15) is 9.59 Å². The molecule has 2 N–H and O–H groups in total. The molecule has 2 aromatic heterocycles. The fourth-order valence-electron chi connectivity index (χ4n) is 1.38. The molecule has 0 atom stereocenters. The lowest BCUT2D eigenvalue weighted by Crippen LogP contribution is -1.87. The van der Waals surface area contributed by atoms with E-state index in [4.69, 9.17) is 0 Å². The van der Waals surface area contributed by atoms with Gasteiger partial charge in [-0.3, -0.25) is 9.59 Å². The van der Waals surface area contributed by atoms with Crippen molar-refractivity contribution in [2.24, 2.45) is 0 Å². The maximum Gasteiger partial charge on any atom is 0.153 e. The molecule has 0 radical (unpaired) electrons. The SMILES string of the molecule is O=Cc1c[nH]c(-c2ccc[nH]2)c1C=O. The maximum atomic E-state index is 10.8. The number of hydrogen-bond acceptors (Lipinski definition) is 2. The highest BCUT2D eigenvalue weighted by Crippen LogP contribution is 2.21. The second kappa shape index (κ2) is 3.33. The average molecular weight is 188 g/mol. The molecule has 4 heteroatoms. The van der Waals surface area contributed by atoms with Crippen molar-refractivity contribution in [1.29, 1.82) is 0 Å². The van der Waals surface area contributed by atoms with Crippen LogP contribution >= 0.6 is 0 Å². The fraction of sp³-hybridized carbons (Fsp3) is 0. The topological polar surface area (TPSA) is 65.7 Å². The Morgan fingerprint density at radius 2 is 2.00 bits per heavy atom. The van der Waals surface area contributed by atoms with Gasteiger partial charge in [0.05, 0.1) is 17.0 Å². The normalized spacial score (nSPS) is 10.0. The van der Waals surface area contributed by atoms with Crippen LogP contribution in [0, 0.1) is 0 Å². The van der Waals surface area contributed by atoms with Gasteiger partial charge in [-0.2, -0.15) is 0 Å². The van der Waals surface area contributed by atoms with E-state index in [0.29, 0.717) is 29.4 Å². The summed E-state index contributed by atoms with van der Waals surface area (Å²) in [6, 6.07) is 3.65. The number of H-pyrrole nitrogens is 2. The summed E-state index contributed by atoms with van der Waals surface area (Å²) < 4.78 is 0. The van der Waals surface area contributed by atoms with Crippen LogP contribution in [0.4, 0.5) is 0 Å². The summed E-state index contributed by atoms with van der Waals surface area (Å²) in [7, 11) is 0. The fourth-order valence-corrected chi connectivity index (χ4v) is 1.38. The molecule has 0 bridgehead atoms. The molecule has 0 spiro atoms. The third-order valence-corrected chi connectivity index (χ3v) is 2.06. The first-order valence-electron chi connectivity index (χ1n) is 4.12. The van der Waals surface area contributed by atoms with E-state index < -0.39 is 0 Å². The van der Waals surface area contributed by atoms with Crippen molar-refractivity contribution in [3.63, 3.8) is 0 Å². The van der Waals surface area contributed by atoms with Crippen molar-refractivity contribution in [3.05, 3.63) is 35.7 Å². The van der Waals surface area contributed by atoms with E-state index in [1.165, 1.54) is 6.20 Å². The Balaban J connectivity index is 2.59. The Morgan fingerprint density at radius 3 is 2.57 bits per heavy atom. The summed E-state index contributed by atoms with van der Waals surface area (Å²) in [6.45, 7) is 0. The van der Waals surface area contributed by atoms with Gasteiger partial charge in [0.15, 0.2) is 12.6 Å². The highest BCUT2D eigenvalue weighted by atomic mass is 16.1. The Morgan fingerprint density at radius 1 is 1.14 bits per heavy atom. The molecule has 70 valence electrons. The second-order valence-corrected chi connectivity index (χ2v) is 2.85. The molecule has 0 amide bonds. The van der Waals surface area contributed by atoms with E-state index in [0.717, 1.165) is 5.69 Å². The van der Waals surface area contributed by atoms with Gasteiger partial charge in [-0.25, -0.2) is 0 Å². The van der Waals surface area contributed by atoms with Crippen molar-refractivity contribution < 1.29 is 9.59 Å². The lowest BCUT2D eigenvalue weighted by Gasteiger charge is -1.94. The molecule has 4 nitrogen and oxygen atoms in total. The Hall–Kier alpha value is -2.10. The minimum atomic E-state index is 0.379. The molecule has 0 unspecified atom stereocenters. The van der Waals surface area contributed by atoms with Crippen LogP contribution in [0.2, 0.25) is 0 Å². The van der Waals surface area contributed by atoms with Gasteiger partial charge in [0.1, 0.15) is 0 Å². The predicted octanol–water partition coefficient (Wildman–Crippen LogP) is 1.63. The number of rotatable bonds is 3. The molecular weight excluding hydrogens is 180 g/mol. The van der Waals surface area contributed by atoms with Gasteiger partial charge >= 0.3 is 0 Å². The maximum absolute atomic E-state index is 10.8. The Bertz CT molecular complexity index is 454. The van der Waals surface area contributed by atoms with E-state index in [1.807, 2.05) is 12.1 Å². The van der Waals surface area contributed by atoms with Crippen LogP contribution in [0.25, 0.3) is 11.4 Å². The molecule has 0 aliphatic rings. The molecule has 2 rings (SSSR count). The largest absolute Gasteiger partial charge is 0.360 e. The molecule has 2 aromatic rings.